The van der Waals surface area contributed by atoms with Crippen LogP contribution in [0.15, 0.2) is 0 Å². The van der Waals surface area contributed by atoms with Crippen LogP contribution in [0.4, 0.5) is 0 Å². The van der Waals surface area contributed by atoms with E-state index in [0.717, 1.165) is 0 Å². The van der Waals surface area contributed by atoms with Crippen LogP contribution >= 0.6 is 0 Å². The van der Waals surface area contributed by atoms with Crippen LogP contribution in [-0.4, -0.2) is 9.02 Å². The molecule has 0 bridgehead atoms. The summed E-state index contributed by atoms with van der Waals surface area (Å²) in [7, 11) is 0. The van der Waals surface area contributed by atoms with Gasteiger partial charge in [0.15, 0.2) is 0 Å². The van der Waals surface area contributed by atoms with Crippen LogP contribution in [-0.2, 0) is 24.4 Å². The van der Waals surface area contributed by atoms with Crippen molar-refractivity contribution in [3.63, 3.8) is 0 Å². The van der Waals surface area contributed by atoms with Crippen LogP contribution in [0, 0.1) is 0 Å². The summed E-state index contributed by atoms with van der Waals surface area (Å²) in [5.41, 5.74) is 0. The zero-order chi connectivity index (χ0) is 5.58. The third-order valence-electron chi connectivity index (χ3n) is 0. The minimum atomic E-state index is -4.03. The summed E-state index contributed by atoms with van der Waals surface area (Å²) in [4.78, 5) is 0. The molecule has 0 aliphatic carbocycles. The molecule has 0 saturated heterocycles. The molecule has 0 radical (unpaired) electrons. The Morgan fingerprint density at radius 3 is 1.33 bits per heavy atom. The standard InChI is InChI=1S/H2O2.H2O.2O.W/c1-2;;;;/h1-2H;1H2;;;/q;;;;+1/p-2. The van der Waals surface area contributed by atoms with E-state index >= 15 is 0 Å². The van der Waals surface area contributed by atoms with Crippen LogP contribution in [0.25, 0.3) is 0 Å². The molecule has 6 heavy (non-hydrogen) atoms. The second-order valence-electron chi connectivity index (χ2n) is 0.217. The van der Waals surface area contributed by atoms with Crippen molar-refractivity contribution in [3.8, 4) is 0 Å². The van der Waals surface area contributed by atoms with Gasteiger partial charge in [-0.15, -0.1) is 0 Å². The monoisotopic (exact) mass is 266 g/mol. The second-order valence-corrected chi connectivity index (χ2v) is 1.78. The number of hydrogen-bond donors (Lipinski definition) is 2. The molecular formula is H2O5W-. The molecular weight excluding hydrogens is 264 g/mol. The average molecular weight is 266 g/mol. The van der Waals surface area contributed by atoms with Gasteiger partial charge in [-0.25, -0.2) is 0 Å². The van der Waals surface area contributed by atoms with E-state index in [1.54, 1.807) is 0 Å². The summed E-state index contributed by atoms with van der Waals surface area (Å²) in [5, 5.41) is 13.0. The Morgan fingerprint density at radius 2 is 1.33 bits per heavy atom. The van der Waals surface area contributed by atoms with E-state index in [1.807, 2.05) is 0 Å². The summed E-state index contributed by atoms with van der Waals surface area (Å²) in [6.45, 7) is 0. The van der Waals surface area contributed by atoms with Gasteiger partial charge in [0.25, 0.3) is 0 Å². The fourth-order valence-corrected chi connectivity index (χ4v) is 0. The molecule has 2 N–H and O–H groups in total. The predicted octanol–water partition coefficient (Wildman–Crippen LogP) is -1.98. The maximum atomic E-state index is 8.72. The van der Waals surface area contributed by atoms with Crippen molar-refractivity contribution in [3.05, 3.63) is 0 Å². The molecule has 0 aromatic carbocycles. The summed E-state index contributed by atoms with van der Waals surface area (Å²) in [5.74, 6) is 0. The Labute approximate surface area is 39.4 Å². The molecule has 0 heterocycles. The van der Waals surface area contributed by atoms with Gasteiger partial charge in [-0.1, -0.05) is 0 Å². The van der Waals surface area contributed by atoms with Gasteiger partial charge in [-0.2, -0.15) is 0 Å². The van der Waals surface area contributed by atoms with E-state index in [4.69, 9.17) is 21.1 Å². The molecule has 0 saturated carbocycles. The van der Waals surface area contributed by atoms with Crippen molar-refractivity contribution >= 4 is 0 Å². The van der Waals surface area contributed by atoms with Crippen molar-refractivity contribution in [2.45, 2.75) is 0 Å². The Kier molecular flexibility index (Phi) is 14.1. The zero-order valence-corrected chi connectivity index (χ0v) is 5.46. The van der Waals surface area contributed by atoms with Gasteiger partial charge in [-0.05, 0) is 0 Å². The van der Waals surface area contributed by atoms with Gasteiger partial charge in [0, 0.05) is 0 Å². The first-order valence-corrected chi connectivity index (χ1v) is 4.41. The fourth-order valence-electron chi connectivity index (χ4n) is 0. The fraction of sp³-hybridized carbons (Fsp3) is 0. The summed E-state index contributed by atoms with van der Waals surface area (Å²) in [6, 6.07) is 0. The van der Waals surface area contributed by atoms with Crippen LogP contribution in [0.2, 0.25) is 0 Å². The Balaban J connectivity index is 0. The second kappa shape index (κ2) is 8.95. The van der Waals surface area contributed by atoms with Crippen LogP contribution < -0.4 is 5.26 Å². The Bertz CT molecular complexity index is 52.3. The molecule has 0 unspecified atom stereocenters. The molecule has 0 fully saturated rings. The molecule has 0 amide bonds. The van der Waals surface area contributed by atoms with Gasteiger partial charge < -0.3 is 10.5 Å². The van der Waals surface area contributed by atoms with Gasteiger partial charge in [0.1, 0.15) is 0 Å². The molecule has 0 aliphatic rings. The van der Waals surface area contributed by atoms with E-state index in [-0.39, 0.29) is 0 Å². The number of hydrogen-bond acceptors (Lipinski definition) is 4. The molecule has 6 heteroatoms. The molecule has 0 aromatic heterocycles. The summed E-state index contributed by atoms with van der Waals surface area (Å²) >= 11 is -4.03. The normalized spacial score (nSPS) is 5.17. The van der Waals surface area contributed by atoms with E-state index in [0.29, 0.717) is 0 Å². The molecule has 0 spiro atoms. The molecule has 0 aliphatic heterocycles. The summed E-state index contributed by atoms with van der Waals surface area (Å²) < 4.78 is 24.6. The SMILES string of the molecule is [O-]O.[O]=[W](=[O])[OH]. The first kappa shape index (κ1) is 9.48. The molecule has 39 valence electrons. The Morgan fingerprint density at radius 1 is 1.33 bits per heavy atom. The average Bonchev–Trinajstić information content (AvgIpc) is 1.41. The van der Waals surface area contributed by atoms with Crippen molar-refractivity contribution < 1.29 is 38.7 Å². The molecule has 5 nitrogen and oxygen atoms in total. The third-order valence-corrected chi connectivity index (χ3v) is 0. The van der Waals surface area contributed by atoms with Gasteiger partial charge in [0.05, 0.1) is 0 Å². The van der Waals surface area contributed by atoms with Gasteiger partial charge in [-0.3, -0.25) is 0 Å². The third kappa shape index (κ3) is 1480. The topological polar surface area (TPSA) is 97.7 Å². The van der Waals surface area contributed by atoms with E-state index in [1.165, 1.54) is 0 Å². The van der Waals surface area contributed by atoms with E-state index in [9.17, 15) is 0 Å². The number of rotatable bonds is 0. The minimum absolute atomic E-state index is 4.03. The summed E-state index contributed by atoms with van der Waals surface area (Å²) in [6.07, 6.45) is 0. The molecule has 0 atom stereocenters. The molecule has 0 aromatic rings. The Hall–Kier alpha value is 0.168. The zero-order valence-electron chi connectivity index (χ0n) is 2.53. The van der Waals surface area contributed by atoms with Crippen molar-refractivity contribution in [2.75, 3.05) is 0 Å². The first-order chi connectivity index (χ1) is 2.73. The predicted molar refractivity (Wildman–Crippen MR) is 6.22 cm³/mol. The van der Waals surface area contributed by atoms with E-state index in [2.05, 4.69) is 0 Å². The maximum absolute atomic E-state index is 8.72. The van der Waals surface area contributed by atoms with E-state index < -0.39 is 17.6 Å². The van der Waals surface area contributed by atoms with Crippen LogP contribution in [0.3, 0.4) is 0 Å². The first-order valence-electron chi connectivity index (χ1n) is 0.698. The van der Waals surface area contributed by atoms with Crippen molar-refractivity contribution in [1.82, 2.24) is 0 Å². The van der Waals surface area contributed by atoms with Crippen LogP contribution in [0.5, 0.6) is 0 Å². The van der Waals surface area contributed by atoms with Crippen LogP contribution in [0.1, 0.15) is 0 Å². The van der Waals surface area contributed by atoms with Crippen molar-refractivity contribution in [2.24, 2.45) is 0 Å². The quantitative estimate of drug-likeness (QED) is 0.391. The molecule has 0 rings (SSSR count). The van der Waals surface area contributed by atoms with Gasteiger partial charge in [0.2, 0.25) is 0 Å². The van der Waals surface area contributed by atoms with Gasteiger partial charge >= 0.3 is 28.2 Å². The van der Waals surface area contributed by atoms with Crippen molar-refractivity contribution in [1.29, 1.82) is 0 Å².